The van der Waals surface area contributed by atoms with E-state index in [0.717, 1.165) is 34.2 Å². The van der Waals surface area contributed by atoms with Crippen LogP contribution in [0.5, 0.6) is 0 Å². The number of nitrogens with one attached hydrogen (secondary N) is 1. The number of carboxylic acids is 1. The summed E-state index contributed by atoms with van der Waals surface area (Å²) >= 11 is 0. The number of aromatic carboxylic acids is 1. The molecule has 0 spiro atoms. The summed E-state index contributed by atoms with van der Waals surface area (Å²) in [6, 6.07) is 28.5. The fourth-order valence-electron chi connectivity index (χ4n) is 5.26. The standard InChI is InChI=1S/C36H26F3N3O3/c37-36(38,39)31-11-9-26(10-12-31)30-19-29-15-18-42(22-24-3-5-25(6-4-24)27-13-16-40-17-14-27)33(29)32(20-30)34(43)41-21-23-1-7-28(8-2-23)35(44)45/h1-20H,21-22H2,(H,41,43)(H,44,45). The molecule has 0 saturated carbocycles. The van der Waals surface area contributed by atoms with Crippen molar-refractivity contribution in [3.63, 3.8) is 0 Å². The van der Waals surface area contributed by atoms with Gasteiger partial charge in [0.25, 0.3) is 5.91 Å². The quantitative estimate of drug-likeness (QED) is 0.184. The number of hydrogen-bond donors (Lipinski definition) is 2. The number of rotatable bonds is 8. The average molecular weight is 606 g/mol. The van der Waals surface area contributed by atoms with Gasteiger partial charge in [0.2, 0.25) is 0 Å². The van der Waals surface area contributed by atoms with E-state index in [1.54, 1.807) is 30.6 Å². The van der Waals surface area contributed by atoms with E-state index in [0.29, 0.717) is 34.3 Å². The lowest BCUT2D eigenvalue weighted by atomic mass is 9.98. The largest absolute Gasteiger partial charge is 0.478 e. The molecule has 0 aliphatic rings. The Kier molecular flexibility index (Phi) is 7.91. The molecule has 6 aromatic rings. The molecule has 224 valence electrons. The molecule has 6 nitrogen and oxygen atoms in total. The van der Waals surface area contributed by atoms with Gasteiger partial charge >= 0.3 is 12.1 Å². The number of halogens is 3. The van der Waals surface area contributed by atoms with Crippen LogP contribution in [-0.4, -0.2) is 26.5 Å². The summed E-state index contributed by atoms with van der Waals surface area (Å²) < 4.78 is 41.5. The second-order valence-corrected chi connectivity index (χ2v) is 10.6. The molecule has 4 aromatic carbocycles. The fourth-order valence-corrected chi connectivity index (χ4v) is 5.26. The zero-order valence-corrected chi connectivity index (χ0v) is 23.8. The van der Waals surface area contributed by atoms with Crippen molar-refractivity contribution in [3.05, 3.63) is 150 Å². The molecule has 0 unspecified atom stereocenters. The molecular formula is C36H26F3N3O3. The number of alkyl halides is 3. The van der Waals surface area contributed by atoms with Crippen molar-refractivity contribution in [1.29, 1.82) is 0 Å². The van der Waals surface area contributed by atoms with Crippen LogP contribution in [0.2, 0.25) is 0 Å². The maximum absolute atomic E-state index is 13.7. The van der Waals surface area contributed by atoms with Gasteiger partial charge < -0.3 is 15.0 Å². The average Bonchev–Trinajstić information content (AvgIpc) is 3.46. The third-order valence-electron chi connectivity index (χ3n) is 7.63. The van der Waals surface area contributed by atoms with Gasteiger partial charge in [-0.2, -0.15) is 13.2 Å². The van der Waals surface area contributed by atoms with E-state index < -0.39 is 17.7 Å². The van der Waals surface area contributed by atoms with E-state index in [4.69, 9.17) is 5.11 Å². The highest BCUT2D eigenvalue weighted by molar-refractivity contribution is 6.08. The molecule has 0 aliphatic carbocycles. The number of hydrogen-bond acceptors (Lipinski definition) is 3. The first-order chi connectivity index (χ1) is 21.7. The van der Waals surface area contributed by atoms with Crippen LogP contribution in [-0.2, 0) is 19.3 Å². The van der Waals surface area contributed by atoms with E-state index in [1.807, 2.05) is 59.3 Å². The predicted octanol–water partition coefficient (Wildman–Crippen LogP) is 8.07. The van der Waals surface area contributed by atoms with Gasteiger partial charge in [-0.3, -0.25) is 9.78 Å². The third-order valence-corrected chi connectivity index (χ3v) is 7.63. The summed E-state index contributed by atoms with van der Waals surface area (Å²) in [5, 5.41) is 12.8. The monoisotopic (exact) mass is 605 g/mol. The number of carboxylic acid groups (broad SMARTS) is 1. The SMILES string of the molecule is O=C(O)c1ccc(CNC(=O)c2cc(-c3ccc(C(F)(F)F)cc3)cc3ccn(Cc4ccc(-c5ccncc5)cc4)c23)cc1. The molecular weight excluding hydrogens is 579 g/mol. The molecule has 1 amide bonds. The van der Waals surface area contributed by atoms with Gasteiger partial charge in [0.1, 0.15) is 0 Å². The number of amides is 1. The van der Waals surface area contributed by atoms with E-state index in [1.165, 1.54) is 24.3 Å². The van der Waals surface area contributed by atoms with Crippen molar-refractivity contribution >= 4 is 22.8 Å². The Morgan fingerprint density at radius 1 is 0.733 bits per heavy atom. The molecule has 45 heavy (non-hydrogen) atoms. The molecule has 0 aliphatic heterocycles. The highest BCUT2D eigenvalue weighted by Gasteiger charge is 2.30. The van der Waals surface area contributed by atoms with Gasteiger partial charge in [0.15, 0.2) is 0 Å². The minimum Gasteiger partial charge on any atom is -0.478 e. The van der Waals surface area contributed by atoms with Crippen LogP contribution in [0, 0.1) is 0 Å². The minimum atomic E-state index is -4.45. The summed E-state index contributed by atoms with van der Waals surface area (Å²) in [6.45, 7) is 0.637. The van der Waals surface area contributed by atoms with Crippen molar-refractivity contribution in [2.24, 2.45) is 0 Å². The minimum absolute atomic E-state index is 0.141. The molecule has 0 saturated heterocycles. The summed E-state index contributed by atoms with van der Waals surface area (Å²) in [7, 11) is 0. The Morgan fingerprint density at radius 2 is 1.33 bits per heavy atom. The van der Waals surface area contributed by atoms with Gasteiger partial charge in [0.05, 0.1) is 22.2 Å². The first-order valence-corrected chi connectivity index (χ1v) is 14.1. The molecule has 0 fully saturated rings. The summed E-state index contributed by atoms with van der Waals surface area (Å²) in [5.41, 5.74) is 5.42. The van der Waals surface area contributed by atoms with E-state index >= 15 is 0 Å². The number of aromatic nitrogens is 2. The maximum atomic E-state index is 13.7. The van der Waals surface area contributed by atoms with E-state index in [2.05, 4.69) is 10.3 Å². The molecule has 2 N–H and O–H groups in total. The number of fused-ring (bicyclic) bond motifs is 1. The zero-order valence-electron chi connectivity index (χ0n) is 23.8. The third kappa shape index (κ3) is 6.47. The van der Waals surface area contributed by atoms with Crippen LogP contribution in [0.25, 0.3) is 33.2 Å². The van der Waals surface area contributed by atoms with Gasteiger partial charge in [-0.05, 0) is 88.0 Å². The molecule has 0 radical (unpaired) electrons. The van der Waals surface area contributed by atoms with Gasteiger partial charge in [-0.25, -0.2) is 4.79 Å². The lowest BCUT2D eigenvalue weighted by Crippen LogP contribution is -2.23. The number of nitrogens with zero attached hydrogens (tertiary/aromatic N) is 2. The van der Waals surface area contributed by atoms with Crippen LogP contribution in [0.1, 0.15) is 37.4 Å². The number of pyridine rings is 1. The Labute approximate surface area is 256 Å². The van der Waals surface area contributed by atoms with Crippen molar-refractivity contribution in [3.8, 4) is 22.3 Å². The smallest absolute Gasteiger partial charge is 0.416 e. The lowest BCUT2D eigenvalue weighted by molar-refractivity contribution is -0.137. The molecule has 0 atom stereocenters. The van der Waals surface area contributed by atoms with Gasteiger partial charge in [-0.15, -0.1) is 0 Å². The van der Waals surface area contributed by atoms with Crippen LogP contribution in [0.3, 0.4) is 0 Å². The van der Waals surface area contributed by atoms with Crippen LogP contribution in [0.15, 0.2) is 122 Å². The van der Waals surface area contributed by atoms with Crippen molar-refractivity contribution < 1.29 is 27.9 Å². The highest BCUT2D eigenvalue weighted by Crippen LogP contribution is 2.33. The normalized spacial score (nSPS) is 11.4. The summed E-state index contributed by atoms with van der Waals surface area (Å²) in [5.74, 6) is -1.41. The molecule has 2 aromatic heterocycles. The van der Waals surface area contributed by atoms with Gasteiger partial charge in [-0.1, -0.05) is 48.5 Å². The van der Waals surface area contributed by atoms with Crippen LogP contribution in [0.4, 0.5) is 13.2 Å². The van der Waals surface area contributed by atoms with E-state index in [-0.39, 0.29) is 18.0 Å². The van der Waals surface area contributed by atoms with Crippen LogP contribution >= 0.6 is 0 Å². The first-order valence-electron chi connectivity index (χ1n) is 14.1. The van der Waals surface area contributed by atoms with Gasteiger partial charge in [0, 0.05) is 37.1 Å². The second-order valence-electron chi connectivity index (χ2n) is 10.6. The van der Waals surface area contributed by atoms with Crippen LogP contribution < -0.4 is 5.32 Å². The van der Waals surface area contributed by atoms with E-state index in [9.17, 15) is 22.8 Å². The Hall–Kier alpha value is -5.70. The summed E-state index contributed by atoms with van der Waals surface area (Å²) in [6.07, 6.45) is 0.918. The van der Waals surface area contributed by atoms with Crippen molar-refractivity contribution in [2.75, 3.05) is 0 Å². The van der Waals surface area contributed by atoms with Crippen molar-refractivity contribution in [1.82, 2.24) is 14.9 Å². The Morgan fingerprint density at radius 3 is 1.98 bits per heavy atom. The number of carbonyl (C=O) groups excluding carboxylic acids is 1. The highest BCUT2D eigenvalue weighted by atomic mass is 19.4. The fraction of sp³-hybridized carbons (Fsp3) is 0.0833. The maximum Gasteiger partial charge on any atom is 0.416 e. The second kappa shape index (κ2) is 12.1. The molecule has 6 rings (SSSR count). The number of benzene rings is 4. The predicted molar refractivity (Wildman–Crippen MR) is 166 cm³/mol. The van der Waals surface area contributed by atoms with Crippen molar-refractivity contribution in [2.45, 2.75) is 19.3 Å². The molecule has 9 heteroatoms. The summed E-state index contributed by atoms with van der Waals surface area (Å²) in [4.78, 5) is 29.0. The first kappa shape index (κ1) is 29.4. The zero-order chi connectivity index (χ0) is 31.6. The Balaban J connectivity index is 1.34. The Bertz CT molecular complexity index is 1980. The lowest BCUT2D eigenvalue weighted by Gasteiger charge is -2.14. The topological polar surface area (TPSA) is 84.2 Å². The number of carbonyl (C=O) groups is 2. The molecule has 0 bridgehead atoms. The molecule has 2 heterocycles.